The van der Waals surface area contributed by atoms with E-state index in [9.17, 15) is 9.59 Å². The van der Waals surface area contributed by atoms with Gasteiger partial charge in [-0.05, 0) is 68.1 Å². The number of hydrogen-bond acceptors (Lipinski definition) is 3. The van der Waals surface area contributed by atoms with E-state index in [0.717, 1.165) is 66.6 Å². The molecule has 2 amide bonds. The third-order valence-electron chi connectivity index (χ3n) is 6.63. The Balaban J connectivity index is 1.44. The molecule has 3 N–H and O–H groups in total. The fraction of sp³-hybridized carbons (Fsp3) is 0.444. The van der Waals surface area contributed by atoms with Gasteiger partial charge in [0, 0.05) is 28.8 Å². The SMILES string of the molecule is CCCCC(CC)C(=O)Nc1ccc(-c2nc3cc(C(=O)NC4CCCC4)ccc3[nH]2)cc1. The van der Waals surface area contributed by atoms with Crippen molar-refractivity contribution in [2.75, 3.05) is 5.32 Å². The number of nitrogens with one attached hydrogen (secondary N) is 3. The van der Waals surface area contributed by atoms with Gasteiger partial charge in [-0.3, -0.25) is 9.59 Å². The largest absolute Gasteiger partial charge is 0.349 e. The molecule has 3 aromatic rings. The maximum Gasteiger partial charge on any atom is 0.251 e. The molecule has 6 heteroatoms. The van der Waals surface area contributed by atoms with Crippen LogP contribution in [0.4, 0.5) is 5.69 Å². The number of aromatic amines is 1. The topological polar surface area (TPSA) is 86.9 Å². The molecular formula is C27H34N4O2. The van der Waals surface area contributed by atoms with Crippen LogP contribution >= 0.6 is 0 Å². The lowest BCUT2D eigenvalue weighted by atomic mass is 9.98. The number of benzene rings is 2. The molecular weight excluding hydrogens is 412 g/mol. The molecule has 1 aliphatic rings. The Morgan fingerprint density at radius 3 is 2.55 bits per heavy atom. The second-order valence-electron chi connectivity index (χ2n) is 9.09. The average Bonchev–Trinajstić information content (AvgIpc) is 3.49. The third-order valence-corrected chi connectivity index (χ3v) is 6.63. The van der Waals surface area contributed by atoms with Crippen LogP contribution in [0.2, 0.25) is 0 Å². The molecule has 0 bridgehead atoms. The zero-order chi connectivity index (χ0) is 23.2. The number of nitrogens with zero attached hydrogens (tertiary/aromatic N) is 1. The maximum atomic E-state index is 12.6. The summed E-state index contributed by atoms with van der Waals surface area (Å²) in [5.74, 6) is 0.856. The molecule has 1 atom stereocenters. The number of rotatable bonds is 9. The number of H-pyrrole nitrogens is 1. The summed E-state index contributed by atoms with van der Waals surface area (Å²) >= 11 is 0. The minimum atomic E-state index is -0.0298. The summed E-state index contributed by atoms with van der Waals surface area (Å²) in [6.07, 6.45) is 8.45. The Kier molecular flexibility index (Phi) is 7.43. The van der Waals surface area contributed by atoms with Gasteiger partial charge in [-0.2, -0.15) is 0 Å². The first-order valence-corrected chi connectivity index (χ1v) is 12.3. The Bertz CT molecular complexity index is 1100. The van der Waals surface area contributed by atoms with Gasteiger partial charge < -0.3 is 15.6 Å². The van der Waals surface area contributed by atoms with Crippen molar-refractivity contribution in [3.63, 3.8) is 0 Å². The molecule has 4 rings (SSSR count). The lowest BCUT2D eigenvalue weighted by Gasteiger charge is -2.14. The van der Waals surface area contributed by atoms with Gasteiger partial charge in [-0.15, -0.1) is 0 Å². The number of hydrogen-bond donors (Lipinski definition) is 3. The van der Waals surface area contributed by atoms with Crippen molar-refractivity contribution in [1.82, 2.24) is 15.3 Å². The zero-order valence-corrected chi connectivity index (χ0v) is 19.6. The summed E-state index contributed by atoms with van der Waals surface area (Å²) in [6.45, 7) is 4.21. The van der Waals surface area contributed by atoms with Crippen molar-refractivity contribution in [1.29, 1.82) is 0 Å². The van der Waals surface area contributed by atoms with Crippen LogP contribution in [0.15, 0.2) is 42.5 Å². The van der Waals surface area contributed by atoms with Crippen molar-refractivity contribution >= 4 is 28.5 Å². The number of carbonyl (C=O) groups excluding carboxylic acids is 2. The quantitative estimate of drug-likeness (QED) is 0.373. The highest BCUT2D eigenvalue weighted by Crippen LogP contribution is 2.24. The number of amides is 2. The van der Waals surface area contributed by atoms with Gasteiger partial charge in [0.25, 0.3) is 5.91 Å². The molecule has 1 aromatic heterocycles. The summed E-state index contributed by atoms with van der Waals surface area (Å²) in [5, 5.41) is 6.17. The minimum absolute atomic E-state index is 0.0298. The van der Waals surface area contributed by atoms with Crippen LogP contribution in [0.1, 0.15) is 75.6 Å². The van der Waals surface area contributed by atoms with E-state index >= 15 is 0 Å². The second kappa shape index (κ2) is 10.6. The Morgan fingerprint density at radius 1 is 1.09 bits per heavy atom. The van der Waals surface area contributed by atoms with E-state index in [2.05, 4.69) is 29.5 Å². The highest BCUT2D eigenvalue weighted by atomic mass is 16.2. The summed E-state index contributed by atoms with van der Waals surface area (Å²) in [7, 11) is 0. The van der Waals surface area contributed by atoms with Gasteiger partial charge in [0.1, 0.15) is 5.82 Å². The van der Waals surface area contributed by atoms with E-state index in [4.69, 9.17) is 4.98 Å². The molecule has 1 heterocycles. The standard InChI is InChI=1S/C27H34N4O2/c1-3-5-8-18(4-2)26(32)29-22-14-11-19(12-15-22)25-30-23-16-13-20(17-24(23)31-25)27(33)28-21-9-6-7-10-21/h11-18,21H,3-10H2,1-2H3,(H,28,33)(H,29,32)(H,30,31). The van der Waals surface area contributed by atoms with E-state index in [-0.39, 0.29) is 17.7 Å². The fourth-order valence-corrected chi connectivity index (χ4v) is 4.55. The molecule has 0 spiro atoms. The highest BCUT2D eigenvalue weighted by Gasteiger charge is 2.19. The molecule has 1 aliphatic carbocycles. The van der Waals surface area contributed by atoms with E-state index in [1.165, 1.54) is 12.8 Å². The number of unbranched alkanes of at least 4 members (excludes halogenated alkanes) is 1. The monoisotopic (exact) mass is 446 g/mol. The maximum absolute atomic E-state index is 12.6. The van der Waals surface area contributed by atoms with Gasteiger partial charge in [-0.1, -0.05) is 39.5 Å². The summed E-state index contributed by atoms with van der Waals surface area (Å²) in [5.41, 5.74) is 4.02. The first-order chi connectivity index (χ1) is 16.1. The fourth-order valence-electron chi connectivity index (χ4n) is 4.55. The van der Waals surface area contributed by atoms with Crippen LogP contribution in [0, 0.1) is 5.92 Å². The molecule has 174 valence electrons. The molecule has 1 unspecified atom stereocenters. The molecule has 1 fully saturated rings. The Labute approximate surface area is 195 Å². The molecule has 1 saturated carbocycles. The number of aromatic nitrogens is 2. The van der Waals surface area contributed by atoms with Gasteiger partial charge >= 0.3 is 0 Å². The van der Waals surface area contributed by atoms with Crippen molar-refractivity contribution in [2.24, 2.45) is 5.92 Å². The molecule has 6 nitrogen and oxygen atoms in total. The van der Waals surface area contributed by atoms with Gasteiger partial charge in [0.05, 0.1) is 11.0 Å². The molecule has 2 aromatic carbocycles. The van der Waals surface area contributed by atoms with Gasteiger partial charge in [0.15, 0.2) is 0 Å². The second-order valence-corrected chi connectivity index (χ2v) is 9.09. The summed E-state index contributed by atoms with van der Waals surface area (Å²) < 4.78 is 0. The lowest BCUT2D eigenvalue weighted by molar-refractivity contribution is -0.120. The van der Waals surface area contributed by atoms with Crippen LogP contribution in [-0.2, 0) is 4.79 Å². The number of imidazole rings is 1. The van der Waals surface area contributed by atoms with Gasteiger partial charge in [-0.25, -0.2) is 4.98 Å². The van der Waals surface area contributed by atoms with Crippen molar-refractivity contribution < 1.29 is 9.59 Å². The highest BCUT2D eigenvalue weighted by molar-refractivity contribution is 5.98. The van der Waals surface area contributed by atoms with E-state index in [1.807, 2.05) is 42.5 Å². The van der Waals surface area contributed by atoms with Crippen LogP contribution in [0.5, 0.6) is 0 Å². The van der Waals surface area contributed by atoms with Crippen molar-refractivity contribution in [3.8, 4) is 11.4 Å². The molecule has 0 radical (unpaired) electrons. The lowest BCUT2D eigenvalue weighted by Crippen LogP contribution is -2.32. The Morgan fingerprint density at radius 2 is 1.85 bits per heavy atom. The number of fused-ring (bicyclic) bond motifs is 1. The van der Waals surface area contributed by atoms with E-state index in [1.54, 1.807) is 0 Å². The molecule has 33 heavy (non-hydrogen) atoms. The zero-order valence-electron chi connectivity index (χ0n) is 19.6. The average molecular weight is 447 g/mol. The van der Waals surface area contributed by atoms with Crippen LogP contribution in [-0.4, -0.2) is 27.8 Å². The number of anilines is 1. The first kappa shape index (κ1) is 23.0. The smallest absolute Gasteiger partial charge is 0.251 e. The third kappa shape index (κ3) is 5.62. The van der Waals surface area contributed by atoms with Gasteiger partial charge in [0.2, 0.25) is 5.91 Å². The van der Waals surface area contributed by atoms with Crippen LogP contribution in [0.25, 0.3) is 22.4 Å². The molecule has 0 saturated heterocycles. The normalized spacial score (nSPS) is 15.0. The van der Waals surface area contributed by atoms with Crippen molar-refractivity contribution in [2.45, 2.75) is 71.3 Å². The minimum Gasteiger partial charge on any atom is -0.349 e. The van der Waals surface area contributed by atoms with E-state index in [0.29, 0.717) is 11.6 Å². The van der Waals surface area contributed by atoms with Crippen molar-refractivity contribution in [3.05, 3.63) is 48.0 Å². The summed E-state index contributed by atoms with van der Waals surface area (Å²) in [4.78, 5) is 33.2. The van der Waals surface area contributed by atoms with Crippen LogP contribution in [0.3, 0.4) is 0 Å². The number of carbonyl (C=O) groups is 2. The van der Waals surface area contributed by atoms with Crippen LogP contribution < -0.4 is 10.6 Å². The summed E-state index contributed by atoms with van der Waals surface area (Å²) in [6, 6.07) is 13.6. The predicted octanol–water partition coefficient (Wildman–Crippen LogP) is 6.06. The molecule has 0 aliphatic heterocycles. The van der Waals surface area contributed by atoms with E-state index < -0.39 is 0 Å². The predicted molar refractivity (Wildman–Crippen MR) is 133 cm³/mol. The first-order valence-electron chi connectivity index (χ1n) is 12.3. The Hall–Kier alpha value is -3.15.